The van der Waals surface area contributed by atoms with E-state index in [1.807, 2.05) is 25.1 Å². The first-order chi connectivity index (χ1) is 14.0. The average molecular weight is 464 g/mol. The molecule has 158 valence electrons. The van der Waals surface area contributed by atoms with Gasteiger partial charge in [0.1, 0.15) is 0 Å². The lowest BCUT2D eigenvalue weighted by atomic mass is 9.80. The summed E-state index contributed by atoms with van der Waals surface area (Å²) in [6.07, 6.45) is 2.36. The molecule has 1 saturated carbocycles. The molecule has 0 radical (unpaired) electrons. The van der Waals surface area contributed by atoms with E-state index in [0.717, 1.165) is 54.9 Å². The number of ketones is 2. The maximum Gasteiger partial charge on any atom is 0.168 e. The zero-order valence-corrected chi connectivity index (χ0v) is 18.6. The Morgan fingerprint density at radius 3 is 2.31 bits per heavy atom. The van der Waals surface area contributed by atoms with Gasteiger partial charge in [0.2, 0.25) is 0 Å². The van der Waals surface area contributed by atoms with Crippen LogP contribution >= 0.6 is 15.9 Å². The van der Waals surface area contributed by atoms with E-state index in [1.54, 1.807) is 6.20 Å². The number of aryl methyl sites for hydroxylation is 1. The van der Waals surface area contributed by atoms with Crippen molar-refractivity contribution >= 4 is 27.5 Å². The molecule has 3 rings (SSSR count). The van der Waals surface area contributed by atoms with Crippen LogP contribution in [0.15, 0.2) is 34.4 Å². The molecule has 1 saturated heterocycles. The van der Waals surface area contributed by atoms with E-state index >= 15 is 0 Å². The largest absolute Gasteiger partial charge is 0.395 e. The van der Waals surface area contributed by atoms with E-state index in [-0.39, 0.29) is 24.1 Å². The van der Waals surface area contributed by atoms with Gasteiger partial charge in [0.15, 0.2) is 11.6 Å². The van der Waals surface area contributed by atoms with E-state index in [2.05, 4.69) is 31.0 Å². The first-order valence-electron chi connectivity index (χ1n) is 10.3. The van der Waals surface area contributed by atoms with Crippen LogP contribution in [0.4, 0.5) is 0 Å². The molecule has 1 heterocycles. The Labute approximate surface area is 181 Å². The fourth-order valence-electron chi connectivity index (χ4n) is 4.01. The molecule has 2 aliphatic rings. The minimum Gasteiger partial charge on any atom is -0.395 e. The van der Waals surface area contributed by atoms with Gasteiger partial charge in [-0.15, -0.1) is 0 Å². The standard InChI is InChI=1S/C22H30BrN3O3/c1-16-2-3-18(20(23)12-16)17-13-21(28)19(22(29)14-17)15-24-4-5-25-6-8-26(9-7-25)10-11-27/h2-3,12,15,17,24,27H,4-11,13-14H2,1H3. The minimum absolute atomic E-state index is 0.0580. The highest BCUT2D eigenvalue weighted by molar-refractivity contribution is 9.10. The van der Waals surface area contributed by atoms with Gasteiger partial charge in [-0.25, -0.2) is 0 Å². The maximum absolute atomic E-state index is 12.6. The summed E-state index contributed by atoms with van der Waals surface area (Å²) in [5.74, 6) is -0.218. The monoisotopic (exact) mass is 463 g/mol. The summed E-state index contributed by atoms with van der Waals surface area (Å²) < 4.78 is 0.966. The van der Waals surface area contributed by atoms with Gasteiger partial charge < -0.3 is 10.4 Å². The topological polar surface area (TPSA) is 72.9 Å². The zero-order valence-electron chi connectivity index (χ0n) is 17.0. The molecule has 2 N–H and O–H groups in total. The number of piperazine rings is 1. The number of rotatable bonds is 7. The third-order valence-electron chi connectivity index (χ3n) is 5.76. The van der Waals surface area contributed by atoms with Crippen LogP contribution in [-0.4, -0.2) is 78.9 Å². The molecule has 2 fully saturated rings. The number of allylic oxidation sites excluding steroid dienone is 1. The van der Waals surface area contributed by atoms with Crippen LogP contribution in [0.1, 0.15) is 29.9 Å². The summed E-state index contributed by atoms with van der Waals surface area (Å²) in [6.45, 7) is 8.43. The van der Waals surface area contributed by atoms with E-state index in [4.69, 9.17) is 5.11 Å². The Morgan fingerprint density at radius 2 is 1.72 bits per heavy atom. The summed E-state index contributed by atoms with van der Waals surface area (Å²) in [6, 6.07) is 6.06. The molecular weight excluding hydrogens is 434 g/mol. The van der Waals surface area contributed by atoms with Crippen molar-refractivity contribution < 1.29 is 14.7 Å². The number of aliphatic hydroxyl groups is 1. The van der Waals surface area contributed by atoms with Crippen LogP contribution in [0, 0.1) is 6.92 Å². The highest BCUT2D eigenvalue weighted by Gasteiger charge is 2.32. The van der Waals surface area contributed by atoms with Gasteiger partial charge in [0.05, 0.1) is 12.2 Å². The molecule has 1 aromatic carbocycles. The van der Waals surface area contributed by atoms with E-state index < -0.39 is 0 Å². The van der Waals surface area contributed by atoms with E-state index in [0.29, 0.717) is 25.0 Å². The summed E-state index contributed by atoms with van der Waals surface area (Å²) in [5, 5.41) is 12.2. The molecule has 1 aliphatic heterocycles. The Bertz CT molecular complexity index is 753. The fourth-order valence-corrected chi connectivity index (χ4v) is 4.83. The fraction of sp³-hybridized carbons (Fsp3) is 0.545. The van der Waals surface area contributed by atoms with Crippen molar-refractivity contribution in [2.75, 3.05) is 52.4 Å². The predicted octanol–water partition coefficient (Wildman–Crippen LogP) is 1.86. The summed E-state index contributed by atoms with van der Waals surface area (Å²) >= 11 is 3.57. The minimum atomic E-state index is -0.0798. The zero-order chi connectivity index (χ0) is 20.8. The maximum atomic E-state index is 12.6. The molecule has 7 heteroatoms. The van der Waals surface area contributed by atoms with Gasteiger partial charge in [-0.05, 0) is 30.0 Å². The van der Waals surface area contributed by atoms with Crippen molar-refractivity contribution in [2.24, 2.45) is 0 Å². The van der Waals surface area contributed by atoms with E-state index in [1.165, 1.54) is 0 Å². The number of carbonyl (C=O) groups excluding carboxylic acids is 2. The summed E-state index contributed by atoms with van der Waals surface area (Å²) in [4.78, 5) is 29.8. The molecular formula is C22H30BrN3O3. The van der Waals surface area contributed by atoms with E-state index in [9.17, 15) is 9.59 Å². The quantitative estimate of drug-likeness (QED) is 0.365. The molecule has 0 amide bonds. The van der Waals surface area contributed by atoms with Crippen molar-refractivity contribution in [1.29, 1.82) is 0 Å². The molecule has 0 unspecified atom stereocenters. The number of nitrogens with zero attached hydrogens (tertiary/aromatic N) is 2. The van der Waals surface area contributed by atoms with Crippen LogP contribution in [0.2, 0.25) is 0 Å². The van der Waals surface area contributed by atoms with Gasteiger partial charge >= 0.3 is 0 Å². The number of benzene rings is 1. The number of hydrogen-bond acceptors (Lipinski definition) is 6. The second-order valence-electron chi connectivity index (χ2n) is 7.90. The number of Topliss-reactive ketones (excluding diaryl/α,β-unsaturated/α-hetero) is 2. The van der Waals surface area contributed by atoms with Gasteiger partial charge in [0.25, 0.3) is 0 Å². The van der Waals surface area contributed by atoms with Crippen LogP contribution in [-0.2, 0) is 9.59 Å². The second kappa shape index (κ2) is 10.5. The lowest BCUT2D eigenvalue weighted by molar-refractivity contribution is -0.124. The van der Waals surface area contributed by atoms with Crippen LogP contribution in [0.25, 0.3) is 0 Å². The predicted molar refractivity (Wildman–Crippen MR) is 117 cm³/mol. The number of β-amino-alcohol motifs (C(OH)–C–C–N with tert-alkyl or cyclic N) is 1. The van der Waals surface area contributed by atoms with Gasteiger partial charge in [-0.3, -0.25) is 19.4 Å². The van der Waals surface area contributed by atoms with Crippen molar-refractivity contribution in [3.63, 3.8) is 0 Å². The highest BCUT2D eigenvalue weighted by Crippen LogP contribution is 2.35. The van der Waals surface area contributed by atoms with Crippen LogP contribution < -0.4 is 5.32 Å². The van der Waals surface area contributed by atoms with Crippen molar-refractivity contribution in [2.45, 2.75) is 25.7 Å². The van der Waals surface area contributed by atoms with Crippen LogP contribution in [0.3, 0.4) is 0 Å². The molecule has 0 bridgehead atoms. The molecule has 6 nitrogen and oxygen atoms in total. The number of carbonyl (C=O) groups is 2. The summed E-state index contributed by atoms with van der Waals surface area (Å²) in [5.41, 5.74) is 2.48. The smallest absolute Gasteiger partial charge is 0.168 e. The first kappa shape index (κ1) is 22.2. The Morgan fingerprint density at radius 1 is 1.10 bits per heavy atom. The van der Waals surface area contributed by atoms with Gasteiger partial charge in [0, 0.05) is 69.3 Å². The van der Waals surface area contributed by atoms with Crippen LogP contribution in [0.5, 0.6) is 0 Å². The Hall–Kier alpha value is -1.54. The van der Waals surface area contributed by atoms with Gasteiger partial charge in [-0.1, -0.05) is 28.1 Å². The Balaban J connectivity index is 1.47. The average Bonchev–Trinajstić information content (AvgIpc) is 2.68. The molecule has 1 aliphatic carbocycles. The molecule has 0 atom stereocenters. The highest BCUT2D eigenvalue weighted by atomic mass is 79.9. The molecule has 1 aromatic rings. The normalized spacial score (nSPS) is 21.5. The van der Waals surface area contributed by atoms with Gasteiger partial charge in [-0.2, -0.15) is 0 Å². The number of nitrogens with one attached hydrogen (secondary N) is 1. The lowest BCUT2D eigenvalue weighted by Crippen LogP contribution is -2.48. The Kier molecular flexibility index (Phi) is 8.00. The third kappa shape index (κ3) is 5.98. The number of aliphatic hydroxyl groups excluding tert-OH is 1. The molecule has 0 spiro atoms. The SMILES string of the molecule is Cc1ccc(C2CC(=O)C(=CNCCN3CCN(CCO)CC3)C(=O)C2)c(Br)c1. The second-order valence-corrected chi connectivity index (χ2v) is 8.75. The third-order valence-corrected chi connectivity index (χ3v) is 6.45. The van der Waals surface area contributed by atoms with Crippen molar-refractivity contribution in [3.8, 4) is 0 Å². The van der Waals surface area contributed by atoms with Crippen molar-refractivity contribution in [3.05, 3.63) is 45.6 Å². The summed E-state index contributed by atoms with van der Waals surface area (Å²) in [7, 11) is 0. The number of halogens is 1. The first-order valence-corrected chi connectivity index (χ1v) is 11.1. The molecule has 29 heavy (non-hydrogen) atoms. The molecule has 0 aromatic heterocycles. The van der Waals surface area contributed by atoms with Crippen molar-refractivity contribution in [1.82, 2.24) is 15.1 Å². The lowest BCUT2D eigenvalue weighted by Gasteiger charge is -2.34. The number of hydrogen-bond donors (Lipinski definition) is 2.